The predicted octanol–water partition coefficient (Wildman–Crippen LogP) is 2.87. The highest BCUT2D eigenvalue weighted by molar-refractivity contribution is 7.92. The smallest absolute Gasteiger partial charge is 0.326 e. The lowest BCUT2D eigenvalue weighted by Crippen LogP contribution is -2.36. The van der Waals surface area contributed by atoms with Crippen molar-refractivity contribution >= 4 is 33.3 Å². The van der Waals surface area contributed by atoms with E-state index in [-0.39, 0.29) is 17.2 Å². The molecule has 0 fully saturated rings. The predicted molar refractivity (Wildman–Crippen MR) is 100 cm³/mol. The number of sulfonamides is 1. The Labute approximate surface area is 162 Å². The van der Waals surface area contributed by atoms with Gasteiger partial charge >= 0.3 is 5.97 Å². The van der Waals surface area contributed by atoms with Crippen LogP contribution in [0.1, 0.15) is 6.92 Å². The zero-order valence-electron chi connectivity index (χ0n) is 14.6. The summed E-state index contributed by atoms with van der Waals surface area (Å²) < 4.78 is 43.2. The van der Waals surface area contributed by atoms with E-state index >= 15 is 0 Å². The first-order chi connectivity index (χ1) is 12.9. The summed E-state index contributed by atoms with van der Waals surface area (Å²) in [6, 6.07) is 10.4. The van der Waals surface area contributed by atoms with Crippen molar-refractivity contribution in [3.8, 4) is 11.5 Å². The number of nitrogens with zero attached hydrogens (tertiary/aromatic N) is 1. The van der Waals surface area contributed by atoms with Crippen LogP contribution in [0.2, 0.25) is 5.02 Å². The molecule has 144 valence electrons. The van der Waals surface area contributed by atoms with Crippen LogP contribution in [0.4, 0.5) is 5.69 Å². The summed E-state index contributed by atoms with van der Waals surface area (Å²) in [5, 5.41) is 0.408. The van der Waals surface area contributed by atoms with Crippen LogP contribution in [0.25, 0.3) is 0 Å². The van der Waals surface area contributed by atoms with Gasteiger partial charge in [0.2, 0.25) is 0 Å². The Morgan fingerprint density at radius 3 is 2.44 bits per heavy atom. The Hall–Kier alpha value is -2.45. The summed E-state index contributed by atoms with van der Waals surface area (Å²) in [6.45, 7) is 2.10. The van der Waals surface area contributed by atoms with Crippen LogP contribution in [-0.2, 0) is 19.6 Å². The third-order valence-electron chi connectivity index (χ3n) is 3.79. The van der Waals surface area contributed by atoms with Crippen LogP contribution >= 0.6 is 11.6 Å². The molecule has 2 aromatic carbocycles. The summed E-state index contributed by atoms with van der Waals surface area (Å²) in [5.74, 6) is 0.272. The van der Waals surface area contributed by atoms with Crippen LogP contribution in [0.3, 0.4) is 0 Å². The highest BCUT2D eigenvalue weighted by Gasteiger charge is 2.29. The van der Waals surface area contributed by atoms with Crippen LogP contribution < -0.4 is 13.8 Å². The van der Waals surface area contributed by atoms with Gasteiger partial charge in [0.25, 0.3) is 10.0 Å². The molecule has 1 heterocycles. The van der Waals surface area contributed by atoms with Crippen molar-refractivity contribution in [2.24, 2.45) is 0 Å². The van der Waals surface area contributed by atoms with E-state index in [0.717, 1.165) is 4.31 Å². The first-order valence-corrected chi connectivity index (χ1v) is 10.1. The Morgan fingerprint density at radius 2 is 1.78 bits per heavy atom. The Kier molecular flexibility index (Phi) is 5.76. The first kappa shape index (κ1) is 19.3. The van der Waals surface area contributed by atoms with Crippen molar-refractivity contribution in [3.05, 3.63) is 47.5 Å². The maximum atomic E-state index is 13.2. The lowest BCUT2D eigenvalue weighted by atomic mass is 10.2. The van der Waals surface area contributed by atoms with Gasteiger partial charge in [-0.1, -0.05) is 11.6 Å². The van der Waals surface area contributed by atoms with Crippen molar-refractivity contribution in [2.75, 3.05) is 30.7 Å². The van der Waals surface area contributed by atoms with Gasteiger partial charge in [-0.15, -0.1) is 0 Å². The molecule has 0 aliphatic carbocycles. The molecule has 1 aliphatic rings. The molecule has 7 nitrogen and oxygen atoms in total. The standard InChI is InChI=1S/C18H18ClNO6S/c1-2-24-18(21)12-20(27(22,23)15-6-3-13(19)4-7-15)14-5-8-16-17(11-14)26-10-9-25-16/h3-8,11H,2,9-10,12H2,1H3. The molecule has 0 saturated heterocycles. The number of carbonyl (C=O) groups excluding carboxylic acids is 1. The molecular weight excluding hydrogens is 394 g/mol. The summed E-state index contributed by atoms with van der Waals surface area (Å²) in [6.07, 6.45) is 0. The number of carbonyl (C=O) groups is 1. The maximum absolute atomic E-state index is 13.2. The molecule has 0 atom stereocenters. The van der Waals surface area contributed by atoms with Crippen molar-refractivity contribution < 1.29 is 27.4 Å². The second-order valence-electron chi connectivity index (χ2n) is 5.60. The molecule has 0 bridgehead atoms. The number of halogens is 1. The number of hydrogen-bond acceptors (Lipinski definition) is 6. The number of hydrogen-bond donors (Lipinski definition) is 0. The molecule has 1 aliphatic heterocycles. The molecule has 27 heavy (non-hydrogen) atoms. The van der Waals surface area contributed by atoms with Gasteiger partial charge in [0.1, 0.15) is 19.8 Å². The molecule has 0 saturated carbocycles. The maximum Gasteiger partial charge on any atom is 0.326 e. The number of esters is 1. The quantitative estimate of drug-likeness (QED) is 0.680. The minimum Gasteiger partial charge on any atom is -0.486 e. The highest BCUT2D eigenvalue weighted by Crippen LogP contribution is 2.35. The fraction of sp³-hybridized carbons (Fsp3) is 0.278. The monoisotopic (exact) mass is 411 g/mol. The zero-order valence-corrected chi connectivity index (χ0v) is 16.1. The molecule has 0 amide bonds. The molecule has 0 aromatic heterocycles. The average Bonchev–Trinajstić information content (AvgIpc) is 2.66. The van der Waals surface area contributed by atoms with Crippen molar-refractivity contribution in [1.29, 1.82) is 0 Å². The van der Waals surface area contributed by atoms with Crippen LogP contribution in [0.15, 0.2) is 47.4 Å². The van der Waals surface area contributed by atoms with Gasteiger partial charge in [0.05, 0.1) is 17.2 Å². The first-order valence-electron chi connectivity index (χ1n) is 8.25. The lowest BCUT2D eigenvalue weighted by Gasteiger charge is -2.26. The fourth-order valence-corrected chi connectivity index (χ4v) is 4.09. The van der Waals surface area contributed by atoms with E-state index in [4.69, 9.17) is 25.8 Å². The van der Waals surface area contributed by atoms with Gasteiger partial charge in [-0.3, -0.25) is 9.10 Å². The molecular formula is C18H18ClNO6S. The summed E-state index contributed by atoms with van der Waals surface area (Å²) >= 11 is 5.85. The summed E-state index contributed by atoms with van der Waals surface area (Å²) in [4.78, 5) is 12.0. The van der Waals surface area contributed by atoms with E-state index in [1.54, 1.807) is 19.1 Å². The van der Waals surface area contributed by atoms with Gasteiger partial charge < -0.3 is 14.2 Å². The number of anilines is 1. The van der Waals surface area contributed by atoms with Crippen molar-refractivity contribution in [3.63, 3.8) is 0 Å². The van der Waals surface area contributed by atoms with E-state index in [2.05, 4.69) is 0 Å². The lowest BCUT2D eigenvalue weighted by molar-refractivity contribution is -0.141. The Morgan fingerprint density at radius 1 is 1.11 bits per heavy atom. The summed E-state index contributed by atoms with van der Waals surface area (Å²) in [5.41, 5.74) is 0.266. The fourth-order valence-electron chi connectivity index (χ4n) is 2.56. The molecule has 3 rings (SSSR count). The normalized spacial score (nSPS) is 13.1. The topological polar surface area (TPSA) is 82.1 Å². The van der Waals surface area contributed by atoms with E-state index in [1.807, 2.05) is 0 Å². The van der Waals surface area contributed by atoms with E-state index in [9.17, 15) is 13.2 Å². The molecule has 0 N–H and O–H groups in total. The van der Waals surface area contributed by atoms with Gasteiger partial charge in [0.15, 0.2) is 11.5 Å². The van der Waals surface area contributed by atoms with E-state index < -0.39 is 22.5 Å². The second-order valence-corrected chi connectivity index (χ2v) is 7.90. The number of fused-ring (bicyclic) bond motifs is 1. The number of ether oxygens (including phenoxy) is 3. The van der Waals surface area contributed by atoms with Crippen molar-refractivity contribution in [1.82, 2.24) is 0 Å². The number of rotatable bonds is 6. The van der Waals surface area contributed by atoms with Gasteiger partial charge in [-0.25, -0.2) is 8.42 Å². The third-order valence-corrected chi connectivity index (χ3v) is 5.83. The minimum atomic E-state index is -4.03. The number of benzene rings is 2. The molecule has 0 unspecified atom stereocenters. The highest BCUT2D eigenvalue weighted by atomic mass is 35.5. The molecule has 0 spiro atoms. The molecule has 2 aromatic rings. The van der Waals surface area contributed by atoms with E-state index in [0.29, 0.717) is 29.7 Å². The van der Waals surface area contributed by atoms with Crippen LogP contribution in [-0.4, -0.2) is 40.8 Å². The van der Waals surface area contributed by atoms with Gasteiger partial charge in [-0.2, -0.15) is 0 Å². The van der Waals surface area contributed by atoms with E-state index in [1.165, 1.54) is 30.3 Å². The van der Waals surface area contributed by atoms with Gasteiger partial charge in [-0.05, 0) is 43.3 Å². The van der Waals surface area contributed by atoms with Crippen molar-refractivity contribution in [2.45, 2.75) is 11.8 Å². The average molecular weight is 412 g/mol. The third kappa shape index (κ3) is 4.28. The Bertz CT molecular complexity index is 929. The van der Waals surface area contributed by atoms with Crippen LogP contribution in [0, 0.1) is 0 Å². The Balaban J connectivity index is 2.03. The van der Waals surface area contributed by atoms with Gasteiger partial charge in [0, 0.05) is 11.1 Å². The largest absolute Gasteiger partial charge is 0.486 e. The molecule has 9 heteroatoms. The molecule has 0 radical (unpaired) electrons. The SMILES string of the molecule is CCOC(=O)CN(c1ccc2c(c1)OCCO2)S(=O)(=O)c1ccc(Cl)cc1. The minimum absolute atomic E-state index is 0.00564. The summed E-state index contributed by atoms with van der Waals surface area (Å²) in [7, 11) is -4.03. The van der Waals surface area contributed by atoms with Crippen LogP contribution in [0.5, 0.6) is 11.5 Å². The zero-order chi connectivity index (χ0) is 19.4. The second kappa shape index (κ2) is 8.06.